The van der Waals surface area contributed by atoms with Crippen molar-refractivity contribution in [3.05, 3.63) is 23.8 Å². The Morgan fingerprint density at radius 2 is 2.20 bits per heavy atom. The molecular weight excluding hydrogens is 254 g/mol. The number of nitrogens with zero attached hydrogens (tertiary/aromatic N) is 1. The molecule has 2 rings (SSSR count). The minimum Gasteiger partial charge on any atom is -0.497 e. The van der Waals surface area contributed by atoms with E-state index in [1.54, 1.807) is 21.0 Å². The van der Waals surface area contributed by atoms with Gasteiger partial charge in [0.1, 0.15) is 5.75 Å². The molecule has 0 fully saturated rings. The number of methoxy groups -OCH3 is 1. The third-order valence-electron chi connectivity index (χ3n) is 4.17. The molecule has 110 valence electrons. The summed E-state index contributed by atoms with van der Waals surface area (Å²) in [6.07, 6.45) is 0.638. The molecule has 4 nitrogen and oxygen atoms in total. The predicted octanol–water partition coefficient (Wildman–Crippen LogP) is 3.12. The Balaban J connectivity index is 2.32. The van der Waals surface area contributed by atoms with Gasteiger partial charge in [0.15, 0.2) is 0 Å². The summed E-state index contributed by atoms with van der Waals surface area (Å²) >= 11 is 0. The minimum absolute atomic E-state index is 0.242. The van der Waals surface area contributed by atoms with E-state index in [1.165, 1.54) is 11.3 Å². The Labute approximate surface area is 120 Å². The molecule has 0 amide bonds. The highest BCUT2D eigenvalue weighted by molar-refractivity contribution is 5.74. The molecule has 0 spiro atoms. The van der Waals surface area contributed by atoms with Crippen LogP contribution in [-0.4, -0.2) is 31.3 Å². The highest BCUT2D eigenvalue weighted by Gasteiger charge is 2.36. The van der Waals surface area contributed by atoms with E-state index in [-0.39, 0.29) is 5.92 Å². The van der Waals surface area contributed by atoms with E-state index >= 15 is 0 Å². The molecule has 0 bridgehead atoms. The maximum Gasteiger partial charge on any atom is 0.309 e. The number of rotatable bonds is 5. The second-order valence-electron chi connectivity index (χ2n) is 6.05. The molecule has 20 heavy (non-hydrogen) atoms. The molecule has 0 aromatic heterocycles. The van der Waals surface area contributed by atoms with Crippen LogP contribution in [0.4, 0.5) is 5.69 Å². The molecule has 1 aliphatic heterocycles. The number of anilines is 1. The first-order chi connectivity index (χ1) is 9.39. The largest absolute Gasteiger partial charge is 0.497 e. The van der Waals surface area contributed by atoms with E-state index in [9.17, 15) is 9.90 Å². The summed E-state index contributed by atoms with van der Waals surface area (Å²) in [5, 5.41) is 9.34. The molecule has 1 aromatic carbocycles. The monoisotopic (exact) mass is 277 g/mol. The van der Waals surface area contributed by atoms with Crippen LogP contribution in [0.3, 0.4) is 0 Å². The summed E-state index contributed by atoms with van der Waals surface area (Å²) in [4.78, 5) is 13.7. The molecule has 0 saturated carbocycles. The van der Waals surface area contributed by atoms with Crippen LogP contribution in [-0.2, 0) is 4.79 Å². The van der Waals surface area contributed by atoms with Crippen molar-refractivity contribution in [2.45, 2.75) is 33.1 Å². The maximum absolute atomic E-state index is 11.4. The van der Waals surface area contributed by atoms with Gasteiger partial charge in [-0.25, -0.2) is 0 Å². The molecule has 0 aliphatic carbocycles. The molecule has 1 aromatic rings. The Morgan fingerprint density at radius 3 is 2.75 bits per heavy atom. The van der Waals surface area contributed by atoms with Gasteiger partial charge in [0, 0.05) is 24.7 Å². The van der Waals surface area contributed by atoms with E-state index in [4.69, 9.17) is 4.74 Å². The third-order valence-corrected chi connectivity index (χ3v) is 4.17. The number of hydrogen-bond donors (Lipinski definition) is 1. The van der Waals surface area contributed by atoms with Crippen molar-refractivity contribution >= 4 is 11.7 Å². The molecule has 1 N–H and O–H groups in total. The van der Waals surface area contributed by atoms with Crippen LogP contribution >= 0.6 is 0 Å². The van der Waals surface area contributed by atoms with E-state index in [2.05, 4.69) is 17.9 Å². The summed E-state index contributed by atoms with van der Waals surface area (Å²) in [6.45, 7) is 7.53. The zero-order valence-corrected chi connectivity index (χ0v) is 12.6. The van der Waals surface area contributed by atoms with Gasteiger partial charge in [-0.15, -0.1) is 0 Å². The van der Waals surface area contributed by atoms with Crippen molar-refractivity contribution in [3.8, 4) is 5.75 Å². The van der Waals surface area contributed by atoms with Gasteiger partial charge in [0.05, 0.1) is 12.5 Å². The van der Waals surface area contributed by atoms with Gasteiger partial charge in [-0.05, 0) is 51.0 Å². The highest BCUT2D eigenvalue weighted by Crippen LogP contribution is 2.43. The maximum atomic E-state index is 11.4. The summed E-state index contributed by atoms with van der Waals surface area (Å²) in [7, 11) is 1.66. The lowest BCUT2D eigenvalue weighted by Gasteiger charge is -2.24. The Bertz CT molecular complexity index is 510. The number of likely N-dealkylation sites (N-methyl/N-ethyl adjacent to an activating group) is 1. The fourth-order valence-corrected chi connectivity index (χ4v) is 2.91. The van der Waals surface area contributed by atoms with Gasteiger partial charge in [-0.1, -0.05) is 0 Å². The van der Waals surface area contributed by atoms with Crippen molar-refractivity contribution in [2.24, 2.45) is 5.41 Å². The highest BCUT2D eigenvalue weighted by atomic mass is 16.5. The number of carboxylic acid groups (broad SMARTS) is 1. The van der Waals surface area contributed by atoms with E-state index in [0.29, 0.717) is 6.42 Å². The van der Waals surface area contributed by atoms with E-state index in [1.807, 2.05) is 12.1 Å². The summed E-state index contributed by atoms with van der Waals surface area (Å²) in [6, 6.07) is 6.09. The smallest absolute Gasteiger partial charge is 0.309 e. The van der Waals surface area contributed by atoms with Crippen molar-refractivity contribution in [1.82, 2.24) is 0 Å². The van der Waals surface area contributed by atoms with Gasteiger partial charge < -0.3 is 14.7 Å². The van der Waals surface area contributed by atoms with Crippen molar-refractivity contribution in [2.75, 3.05) is 25.1 Å². The van der Waals surface area contributed by atoms with Gasteiger partial charge in [-0.2, -0.15) is 0 Å². The number of aliphatic carboxylic acids is 1. The topological polar surface area (TPSA) is 49.8 Å². The Kier molecular flexibility index (Phi) is 3.93. The summed E-state index contributed by atoms with van der Waals surface area (Å²) in [5.41, 5.74) is 1.70. The first-order valence-corrected chi connectivity index (χ1v) is 7.05. The van der Waals surface area contributed by atoms with Crippen LogP contribution in [0.5, 0.6) is 5.75 Å². The van der Waals surface area contributed by atoms with Crippen LogP contribution in [0.15, 0.2) is 18.2 Å². The number of benzene rings is 1. The number of fused-ring (bicyclic) bond motifs is 1. The van der Waals surface area contributed by atoms with Gasteiger partial charge in [0.25, 0.3) is 0 Å². The van der Waals surface area contributed by atoms with Crippen LogP contribution in [0.1, 0.15) is 38.7 Å². The Hall–Kier alpha value is -1.71. The lowest BCUT2D eigenvalue weighted by Crippen LogP contribution is -2.28. The fraction of sp³-hybridized carbons (Fsp3) is 0.562. The van der Waals surface area contributed by atoms with Crippen LogP contribution in [0.25, 0.3) is 0 Å². The SMILES string of the molecule is CCN1CC(CC(C)(C)C(=O)O)c2cc(OC)ccc21. The normalized spacial score (nSPS) is 18.0. The summed E-state index contributed by atoms with van der Waals surface area (Å²) in [5.74, 6) is 0.336. The molecule has 0 saturated heterocycles. The Morgan fingerprint density at radius 1 is 1.50 bits per heavy atom. The van der Waals surface area contributed by atoms with Crippen molar-refractivity contribution in [3.63, 3.8) is 0 Å². The zero-order chi connectivity index (χ0) is 14.9. The second kappa shape index (κ2) is 5.35. The number of carboxylic acids is 1. The number of hydrogen-bond acceptors (Lipinski definition) is 3. The first-order valence-electron chi connectivity index (χ1n) is 7.05. The van der Waals surface area contributed by atoms with Gasteiger partial charge in [-0.3, -0.25) is 4.79 Å². The van der Waals surface area contributed by atoms with Crippen molar-refractivity contribution in [1.29, 1.82) is 0 Å². The lowest BCUT2D eigenvalue weighted by atomic mass is 9.81. The molecule has 1 aliphatic rings. The number of ether oxygens (including phenoxy) is 1. The van der Waals surface area contributed by atoms with Crippen LogP contribution in [0, 0.1) is 5.41 Å². The molecule has 1 atom stereocenters. The predicted molar refractivity (Wildman–Crippen MR) is 79.7 cm³/mol. The van der Waals surface area contributed by atoms with Gasteiger partial charge in [0.2, 0.25) is 0 Å². The van der Waals surface area contributed by atoms with E-state index in [0.717, 1.165) is 18.8 Å². The first kappa shape index (κ1) is 14.7. The molecule has 0 radical (unpaired) electrons. The standard InChI is InChI=1S/C16H23NO3/c1-5-17-10-11(9-16(2,3)15(18)19)13-8-12(20-4)6-7-14(13)17/h6-8,11H,5,9-10H2,1-4H3,(H,18,19). The second-order valence-corrected chi connectivity index (χ2v) is 6.05. The quantitative estimate of drug-likeness (QED) is 0.898. The van der Waals surface area contributed by atoms with Crippen LogP contribution < -0.4 is 9.64 Å². The average Bonchev–Trinajstić information content (AvgIpc) is 2.75. The lowest BCUT2D eigenvalue weighted by molar-refractivity contribution is -0.147. The molecule has 1 unspecified atom stereocenters. The van der Waals surface area contributed by atoms with Crippen LogP contribution in [0.2, 0.25) is 0 Å². The third kappa shape index (κ3) is 2.60. The molecular formula is C16H23NO3. The minimum atomic E-state index is -0.739. The number of carbonyl (C=O) groups is 1. The van der Waals surface area contributed by atoms with E-state index < -0.39 is 11.4 Å². The zero-order valence-electron chi connectivity index (χ0n) is 12.6. The van der Waals surface area contributed by atoms with Gasteiger partial charge >= 0.3 is 5.97 Å². The molecule has 1 heterocycles. The van der Waals surface area contributed by atoms with Crippen molar-refractivity contribution < 1.29 is 14.6 Å². The molecule has 4 heteroatoms. The summed E-state index contributed by atoms with van der Waals surface area (Å²) < 4.78 is 5.30. The fourth-order valence-electron chi connectivity index (χ4n) is 2.91. The average molecular weight is 277 g/mol.